The Hall–Kier alpha value is -1.36. The molecular weight excluding hydrogens is 242 g/mol. The molecule has 0 unspecified atom stereocenters. The minimum Gasteiger partial charge on any atom is -0.496 e. The Morgan fingerprint density at radius 3 is 2.28 bits per heavy atom. The van der Waals surface area contributed by atoms with Gasteiger partial charge in [0.2, 0.25) is 0 Å². The summed E-state index contributed by atoms with van der Waals surface area (Å²) in [5.74, 6) is 0.497. The molecule has 0 bridgehead atoms. The fraction of sp³-hybridized carbons (Fsp3) is 0.538. The summed E-state index contributed by atoms with van der Waals surface area (Å²) in [7, 11) is 2.78. The third kappa shape index (κ3) is 2.56. The van der Waals surface area contributed by atoms with E-state index in [-0.39, 0.29) is 11.3 Å². The van der Waals surface area contributed by atoms with Crippen LogP contribution in [0.5, 0.6) is 11.5 Å². The number of methoxy groups -OCH3 is 2. The standard InChI is InChI=1S/C13H16F2O3/c1-17-10-6-9(12(14)15)11(18-2)5-8(10)7-13(16)3-4-13/h5-6,12,16H,3-4,7H2,1-2H3. The number of aliphatic hydroxyl groups is 1. The first-order valence-corrected chi connectivity index (χ1v) is 5.74. The van der Waals surface area contributed by atoms with Crippen LogP contribution in [0.15, 0.2) is 12.1 Å². The molecule has 1 aromatic carbocycles. The summed E-state index contributed by atoms with van der Waals surface area (Å²) in [6.07, 6.45) is -0.757. The van der Waals surface area contributed by atoms with Crippen LogP contribution < -0.4 is 9.47 Å². The molecule has 0 atom stereocenters. The Bertz CT molecular complexity index is 442. The number of alkyl halides is 2. The van der Waals surface area contributed by atoms with Crippen LogP contribution in [-0.2, 0) is 6.42 Å². The van der Waals surface area contributed by atoms with Gasteiger partial charge in [-0.15, -0.1) is 0 Å². The van der Waals surface area contributed by atoms with Crippen molar-refractivity contribution >= 4 is 0 Å². The molecule has 0 heterocycles. The molecule has 1 aliphatic rings. The Balaban J connectivity index is 2.38. The number of ether oxygens (including phenoxy) is 2. The van der Waals surface area contributed by atoms with Crippen LogP contribution in [0.2, 0.25) is 0 Å². The molecule has 18 heavy (non-hydrogen) atoms. The highest BCUT2D eigenvalue weighted by molar-refractivity contribution is 5.48. The first-order valence-electron chi connectivity index (χ1n) is 5.74. The highest BCUT2D eigenvalue weighted by Gasteiger charge is 2.41. The molecule has 0 aromatic heterocycles. The summed E-state index contributed by atoms with van der Waals surface area (Å²) < 4.78 is 35.7. The maximum Gasteiger partial charge on any atom is 0.267 e. The van der Waals surface area contributed by atoms with Crippen LogP contribution in [0, 0.1) is 0 Å². The van der Waals surface area contributed by atoms with E-state index in [1.54, 1.807) is 0 Å². The van der Waals surface area contributed by atoms with Crippen LogP contribution in [0.4, 0.5) is 8.78 Å². The lowest BCUT2D eigenvalue weighted by molar-refractivity contribution is 0.145. The fourth-order valence-electron chi connectivity index (χ4n) is 1.97. The van der Waals surface area contributed by atoms with Gasteiger partial charge in [0.15, 0.2) is 0 Å². The monoisotopic (exact) mass is 258 g/mol. The van der Waals surface area contributed by atoms with E-state index < -0.39 is 12.0 Å². The molecule has 0 saturated heterocycles. The van der Waals surface area contributed by atoms with Crippen molar-refractivity contribution in [3.63, 3.8) is 0 Å². The van der Waals surface area contributed by atoms with E-state index in [1.165, 1.54) is 26.4 Å². The van der Waals surface area contributed by atoms with Crippen LogP contribution in [0.3, 0.4) is 0 Å². The van der Waals surface area contributed by atoms with Crippen molar-refractivity contribution in [1.29, 1.82) is 0 Å². The molecule has 0 spiro atoms. The molecule has 1 saturated carbocycles. The molecule has 1 N–H and O–H groups in total. The van der Waals surface area contributed by atoms with Crippen LogP contribution in [-0.4, -0.2) is 24.9 Å². The minimum absolute atomic E-state index is 0.130. The highest BCUT2D eigenvalue weighted by Crippen LogP contribution is 2.42. The quantitative estimate of drug-likeness (QED) is 0.882. The summed E-state index contributed by atoms with van der Waals surface area (Å²) >= 11 is 0. The average molecular weight is 258 g/mol. The van der Waals surface area contributed by atoms with E-state index in [1.807, 2.05) is 0 Å². The molecule has 0 amide bonds. The zero-order valence-corrected chi connectivity index (χ0v) is 10.4. The van der Waals surface area contributed by atoms with Gasteiger partial charge in [-0.1, -0.05) is 0 Å². The van der Waals surface area contributed by atoms with Gasteiger partial charge in [-0.05, 0) is 25.0 Å². The van der Waals surface area contributed by atoms with Gasteiger partial charge >= 0.3 is 0 Å². The normalized spacial score (nSPS) is 16.8. The van der Waals surface area contributed by atoms with Gasteiger partial charge < -0.3 is 14.6 Å². The van der Waals surface area contributed by atoms with Crippen molar-refractivity contribution in [2.45, 2.75) is 31.3 Å². The largest absolute Gasteiger partial charge is 0.496 e. The molecule has 100 valence electrons. The lowest BCUT2D eigenvalue weighted by Gasteiger charge is -2.16. The van der Waals surface area contributed by atoms with E-state index in [2.05, 4.69) is 0 Å². The lowest BCUT2D eigenvalue weighted by atomic mass is 10.0. The number of benzene rings is 1. The summed E-state index contributed by atoms with van der Waals surface area (Å²) in [6.45, 7) is 0. The van der Waals surface area contributed by atoms with E-state index in [4.69, 9.17) is 9.47 Å². The van der Waals surface area contributed by atoms with Gasteiger partial charge in [0.25, 0.3) is 6.43 Å². The van der Waals surface area contributed by atoms with Gasteiger partial charge in [-0.2, -0.15) is 0 Å². The van der Waals surface area contributed by atoms with Crippen LogP contribution in [0.1, 0.15) is 30.4 Å². The van der Waals surface area contributed by atoms with Gasteiger partial charge in [-0.25, -0.2) is 8.78 Å². The third-order valence-corrected chi connectivity index (χ3v) is 3.21. The Morgan fingerprint density at radius 2 is 1.83 bits per heavy atom. The number of hydrogen-bond donors (Lipinski definition) is 1. The molecule has 1 fully saturated rings. The molecule has 0 aliphatic heterocycles. The molecule has 2 rings (SSSR count). The van der Waals surface area contributed by atoms with Crippen molar-refractivity contribution < 1.29 is 23.4 Å². The molecule has 0 radical (unpaired) electrons. The third-order valence-electron chi connectivity index (χ3n) is 3.21. The van der Waals surface area contributed by atoms with Gasteiger partial charge in [0.1, 0.15) is 11.5 Å². The zero-order valence-electron chi connectivity index (χ0n) is 10.4. The maximum absolute atomic E-state index is 12.8. The molecule has 5 heteroatoms. The molecule has 1 aliphatic carbocycles. The average Bonchev–Trinajstić information content (AvgIpc) is 3.05. The van der Waals surface area contributed by atoms with Gasteiger partial charge in [0, 0.05) is 12.0 Å². The van der Waals surface area contributed by atoms with E-state index >= 15 is 0 Å². The molecule has 1 aromatic rings. The first-order chi connectivity index (χ1) is 8.49. The maximum atomic E-state index is 12.8. The highest BCUT2D eigenvalue weighted by atomic mass is 19.3. The van der Waals surface area contributed by atoms with Crippen molar-refractivity contribution in [3.05, 3.63) is 23.3 Å². The molecular formula is C13H16F2O3. The number of halogens is 2. The molecule has 3 nitrogen and oxygen atoms in total. The summed E-state index contributed by atoms with van der Waals surface area (Å²) in [5.41, 5.74) is -0.204. The number of hydrogen-bond acceptors (Lipinski definition) is 3. The van der Waals surface area contributed by atoms with Crippen LogP contribution >= 0.6 is 0 Å². The SMILES string of the molecule is COc1cc(C(F)F)c(OC)cc1CC1(O)CC1. The van der Waals surface area contributed by atoms with Gasteiger partial charge in [-0.3, -0.25) is 0 Å². The second kappa shape index (κ2) is 4.72. The van der Waals surface area contributed by atoms with E-state index in [0.29, 0.717) is 17.7 Å². The van der Waals surface area contributed by atoms with E-state index in [0.717, 1.165) is 12.8 Å². The summed E-state index contributed by atoms with van der Waals surface area (Å²) in [4.78, 5) is 0. The van der Waals surface area contributed by atoms with Crippen molar-refractivity contribution in [2.75, 3.05) is 14.2 Å². The van der Waals surface area contributed by atoms with Crippen molar-refractivity contribution in [2.24, 2.45) is 0 Å². The smallest absolute Gasteiger partial charge is 0.267 e. The Kier molecular flexibility index (Phi) is 3.43. The Morgan fingerprint density at radius 1 is 1.22 bits per heavy atom. The minimum atomic E-state index is -2.62. The lowest BCUT2D eigenvalue weighted by Crippen LogP contribution is -2.12. The topological polar surface area (TPSA) is 38.7 Å². The van der Waals surface area contributed by atoms with Crippen molar-refractivity contribution in [1.82, 2.24) is 0 Å². The number of rotatable bonds is 5. The zero-order chi connectivity index (χ0) is 13.3. The second-order valence-corrected chi connectivity index (χ2v) is 4.61. The van der Waals surface area contributed by atoms with Crippen LogP contribution in [0.25, 0.3) is 0 Å². The van der Waals surface area contributed by atoms with E-state index in [9.17, 15) is 13.9 Å². The first kappa shape index (κ1) is 13.1. The Labute approximate surface area is 104 Å². The predicted molar refractivity (Wildman–Crippen MR) is 62.4 cm³/mol. The predicted octanol–water partition coefficient (Wildman–Crippen LogP) is 2.71. The van der Waals surface area contributed by atoms with Crippen molar-refractivity contribution in [3.8, 4) is 11.5 Å². The second-order valence-electron chi connectivity index (χ2n) is 4.61. The van der Waals surface area contributed by atoms with Gasteiger partial charge in [0.05, 0.1) is 25.4 Å². The fourth-order valence-corrected chi connectivity index (χ4v) is 1.97. The summed E-state index contributed by atoms with van der Waals surface area (Å²) in [5, 5.41) is 9.90. The summed E-state index contributed by atoms with van der Waals surface area (Å²) in [6, 6.07) is 2.81.